The summed E-state index contributed by atoms with van der Waals surface area (Å²) in [5.74, 6) is 0.183. The van der Waals surface area contributed by atoms with Crippen LogP contribution in [-0.4, -0.2) is 28.5 Å². The predicted molar refractivity (Wildman–Crippen MR) is 117 cm³/mol. The Hall–Kier alpha value is -3.58. The molecule has 150 valence electrons. The average molecular weight is 418 g/mol. The van der Waals surface area contributed by atoms with Crippen molar-refractivity contribution >= 4 is 40.6 Å². The Kier molecular flexibility index (Phi) is 5.54. The summed E-state index contributed by atoms with van der Waals surface area (Å²) >= 11 is 0.792. The molecule has 2 heterocycles. The predicted octanol–water partition coefficient (Wildman–Crippen LogP) is 4.93. The van der Waals surface area contributed by atoms with Crippen LogP contribution in [0.25, 0.3) is 17.4 Å². The zero-order chi connectivity index (χ0) is 21.1. The van der Waals surface area contributed by atoms with Crippen LogP contribution < -0.4 is 5.32 Å². The van der Waals surface area contributed by atoms with Gasteiger partial charge in [-0.25, -0.2) is 0 Å². The minimum absolute atomic E-state index is 0.220. The van der Waals surface area contributed by atoms with Gasteiger partial charge >= 0.3 is 0 Å². The fourth-order valence-electron chi connectivity index (χ4n) is 3.00. The molecule has 2 aromatic carbocycles. The Morgan fingerprint density at radius 2 is 1.77 bits per heavy atom. The molecular formula is C23H18N2O4S. The molecule has 3 aromatic rings. The van der Waals surface area contributed by atoms with Crippen LogP contribution in [0.1, 0.15) is 11.3 Å². The topological polar surface area (TPSA) is 79.6 Å². The largest absolute Gasteiger partial charge is 0.457 e. The lowest BCUT2D eigenvalue weighted by molar-refractivity contribution is -0.127. The van der Waals surface area contributed by atoms with Gasteiger partial charge in [-0.2, -0.15) is 0 Å². The first kappa shape index (κ1) is 19.7. The molecule has 0 atom stereocenters. The number of aryl methyl sites for hydroxylation is 1. The van der Waals surface area contributed by atoms with E-state index in [0.29, 0.717) is 17.2 Å². The van der Waals surface area contributed by atoms with E-state index in [1.54, 1.807) is 24.3 Å². The highest BCUT2D eigenvalue weighted by atomic mass is 32.2. The molecule has 0 bridgehead atoms. The molecule has 1 aromatic heterocycles. The lowest BCUT2D eigenvalue weighted by Gasteiger charge is -2.13. The number of thioether (sulfide) groups is 1. The minimum atomic E-state index is -0.511. The third kappa shape index (κ3) is 4.21. The molecule has 30 heavy (non-hydrogen) atoms. The van der Waals surface area contributed by atoms with E-state index in [9.17, 15) is 14.4 Å². The first-order valence-corrected chi connectivity index (χ1v) is 10.1. The number of benzene rings is 2. The monoisotopic (exact) mass is 418 g/mol. The van der Waals surface area contributed by atoms with Gasteiger partial charge < -0.3 is 9.73 Å². The van der Waals surface area contributed by atoms with Crippen LogP contribution in [0.4, 0.5) is 10.5 Å². The molecular weight excluding hydrogens is 400 g/mol. The second-order valence-corrected chi connectivity index (χ2v) is 7.69. The molecule has 1 aliphatic rings. The molecule has 0 saturated carbocycles. The van der Waals surface area contributed by atoms with E-state index in [1.165, 1.54) is 6.08 Å². The molecule has 1 N–H and O–H groups in total. The van der Waals surface area contributed by atoms with Crippen molar-refractivity contribution in [2.45, 2.75) is 6.92 Å². The molecule has 0 radical (unpaired) electrons. The summed E-state index contributed by atoms with van der Waals surface area (Å²) in [7, 11) is 0. The van der Waals surface area contributed by atoms with Gasteiger partial charge in [0.1, 0.15) is 18.1 Å². The van der Waals surface area contributed by atoms with Gasteiger partial charge in [-0.15, -0.1) is 0 Å². The van der Waals surface area contributed by atoms with E-state index in [0.717, 1.165) is 27.8 Å². The number of imide groups is 1. The molecule has 0 unspecified atom stereocenters. The Morgan fingerprint density at radius 1 is 1.03 bits per heavy atom. The van der Waals surface area contributed by atoms with Crippen LogP contribution in [0.2, 0.25) is 0 Å². The molecule has 4 rings (SSSR count). The average Bonchev–Trinajstić information content (AvgIpc) is 3.31. The Bertz CT molecular complexity index is 1150. The lowest BCUT2D eigenvalue weighted by Crippen LogP contribution is -2.36. The van der Waals surface area contributed by atoms with Crippen LogP contribution in [0.3, 0.4) is 0 Å². The molecule has 3 amide bonds. The number of carbonyl (C=O) groups excluding carboxylic acids is 3. The number of para-hydroxylation sites is 1. The van der Waals surface area contributed by atoms with E-state index >= 15 is 0 Å². The van der Waals surface area contributed by atoms with Crippen LogP contribution in [0.5, 0.6) is 0 Å². The maximum atomic E-state index is 12.6. The van der Waals surface area contributed by atoms with Gasteiger partial charge in [0.05, 0.1) is 4.91 Å². The smallest absolute Gasteiger partial charge is 0.294 e. The summed E-state index contributed by atoms with van der Waals surface area (Å²) in [6.07, 6.45) is 1.52. The van der Waals surface area contributed by atoms with Gasteiger partial charge in [-0.05, 0) is 42.4 Å². The second-order valence-electron chi connectivity index (χ2n) is 6.70. The fraction of sp³-hybridized carbons (Fsp3) is 0.0870. The maximum absolute atomic E-state index is 12.6. The molecule has 6 nitrogen and oxygen atoms in total. The van der Waals surface area contributed by atoms with Gasteiger partial charge in [0, 0.05) is 17.3 Å². The fourth-order valence-corrected chi connectivity index (χ4v) is 3.82. The van der Waals surface area contributed by atoms with Crippen molar-refractivity contribution in [2.75, 3.05) is 11.9 Å². The van der Waals surface area contributed by atoms with E-state index < -0.39 is 17.1 Å². The van der Waals surface area contributed by atoms with Crippen molar-refractivity contribution in [3.05, 3.63) is 83.0 Å². The van der Waals surface area contributed by atoms with Crippen LogP contribution >= 0.6 is 11.8 Å². The number of hydrogen-bond donors (Lipinski definition) is 1. The van der Waals surface area contributed by atoms with E-state index in [-0.39, 0.29) is 11.4 Å². The number of hydrogen-bond acceptors (Lipinski definition) is 5. The molecule has 0 aliphatic carbocycles. The van der Waals surface area contributed by atoms with Gasteiger partial charge in [0.15, 0.2) is 0 Å². The van der Waals surface area contributed by atoms with Crippen LogP contribution in [-0.2, 0) is 9.59 Å². The number of rotatable bonds is 5. The highest BCUT2D eigenvalue weighted by molar-refractivity contribution is 8.18. The van der Waals surface area contributed by atoms with Crippen LogP contribution in [0.15, 0.2) is 76.1 Å². The number of carbonyl (C=O) groups is 3. The normalized spacial score (nSPS) is 15.1. The number of nitrogens with one attached hydrogen (secondary N) is 1. The lowest BCUT2D eigenvalue weighted by atomic mass is 10.2. The highest BCUT2D eigenvalue weighted by Crippen LogP contribution is 2.33. The number of amides is 3. The van der Waals surface area contributed by atoms with Crippen molar-refractivity contribution in [1.82, 2.24) is 4.90 Å². The quantitative estimate of drug-likeness (QED) is 0.594. The third-order valence-corrected chi connectivity index (χ3v) is 5.46. The summed E-state index contributed by atoms with van der Waals surface area (Å²) in [6, 6.07) is 20.4. The number of nitrogens with zero attached hydrogens (tertiary/aromatic N) is 1. The standard InChI is InChI=1S/C23H18N2O4S/c1-15-7-5-6-10-18(15)24-21(26)14-25-22(27)20(30-23(25)28)13-17-11-12-19(29-17)16-8-3-2-4-9-16/h2-13H,14H2,1H3,(H,24,26)/b20-13-. The van der Waals surface area contributed by atoms with Gasteiger partial charge in [0.2, 0.25) is 5.91 Å². The highest BCUT2D eigenvalue weighted by Gasteiger charge is 2.36. The van der Waals surface area contributed by atoms with Crippen LogP contribution in [0, 0.1) is 6.92 Å². The van der Waals surface area contributed by atoms with Gasteiger partial charge in [0.25, 0.3) is 11.1 Å². The van der Waals surface area contributed by atoms with Crippen molar-refractivity contribution < 1.29 is 18.8 Å². The second kappa shape index (κ2) is 8.42. The summed E-state index contributed by atoms with van der Waals surface area (Å²) in [6.45, 7) is 1.52. The first-order valence-electron chi connectivity index (χ1n) is 9.27. The molecule has 1 aliphatic heterocycles. The molecule has 7 heteroatoms. The Balaban J connectivity index is 1.45. The van der Waals surface area contributed by atoms with Crippen molar-refractivity contribution in [1.29, 1.82) is 0 Å². The van der Waals surface area contributed by atoms with Gasteiger partial charge in [-0.1, -0.05) is 48.5 Å². The van der Waals surface area contributed by atoms with E-state index in [4.69, 9.17) is 4.42 Å². The zero-order valence-corrected chi connectivity index (χ0v) is 16.9. The van der Waals surface area contributed by atoms with Crippen molar-refractivity contribution in [2.24, 2.45) is 0 Å². The maximum Gasteiger partial charge on any atom is 0.294 e. The number of anilines is 1. The van der Waals surface area contributed by atoms with Crippen molar-refractivity contribution in [3.8, 4) is 11.3 Å². The van der Waals surface area contributed by atoms with Gasteiger partial charge in [-0.3, -0.25) is 19.3 Å². The SMILES string of the molecule is Cc1ccccc1NC(=O)CN1C(=O)S/C(=C\c2ccc(-c3ccccc3)o2)C1=O. The van der Waals surface area contributed by atoms with Crippen molar-refractivity contribution in [3.63, 3.8) is 0 Å². The summed E-state index contributed by atoms with van der Waals surface area (Å²) in [4.78, 5) is 38.4. The Labute approximate surface area is 177 Å². The third-order valence-electron chi connectivity index (χ3n) is 4.55. The van der Waals surface area contributed by atoms with E-state index in [1.807, 2.05) is 49.4 Å². The minimum Gasteiger partial charge on any atom is -0.457 e. The summed E-state index contributed by atoms with van der Waals surface area (Å²) in [5, 5.41) is 2.25. The molecule has 0 spiro atoms. The first-order chi connectivity index (χ1) is 14.5. The molecule has 1 fully saturated rings. The number of furan rings is 1. The molecule has 1 saturated heterocycles. The zero-order valence-electron chi connectivity index (χ0n) is 16.1. The Morgan fingerprint density at radius 3 is 2.53 bits per heavy atom. The summed E-state index contributed by atoms with van der Waals surface area (Å²) in [5.41, 5.74) is 2.46. The summed E-state index contributed by atoms with van der Waals surface area (Å²) < 4.78 is 5.77. The van der Waals surface area contributed by atoms with E-state index in [2.05, 4.69) is 5.32 Å².